The molecule has 68 valence electrons. The molecule has 1 heterocycles. The zero-order chi connectivity index (χ0) is 9.90. The van der Waals surface area contributed by atoms with E-state index in [4.69, 9.17) is 5.26 Å². The maximum atomic E-state index is 11.8. The van der Waals surface area contributed by atoms with Crippen molar-refractivity contribution >= 4 is 11.8 Å². The van der Waals surface area contributed by atoms with Crippen LogP contribution in [0.2, 0.25) is 0 Å². The van der Waals surface area contributed by atoms with Gasteiger partial charge in [-0.25, -0.2) is 4.98 Å². The van der Waals surface area contributed by atoms with E-state index in [-0.39, 0.29) is 22.4 Å². The molecule has 0 fully saturated rings. The number of hydrogen-bond acceptors (Lipinski definition) is 3. The normalized spacial score (nSPS) is 10.9. The minimum Gasteiger partial charge on any atom is -0.244 e. The smallest absolute Gasteiger partial charge is 0.244 e. The van der Waals surface area contributed by atoms with E-state index in [2.05, 4.69) is 4.98 Å². The van der Waals surface area contributed by atoms with Gasteiger partial charge in [0, 0.05) is 11.1 Å². The third-order valence-corrected chi connectivity index (χ3v) is 1.79. The summed E-state index contributed by atoms with van der Waals surface area (Å²) in [7, 11) is 0. The van der Waals surface area contributed by atoms with Gasteiger partial charge in [-0.3, -0.25) is 0 Å². The lowest BCUT2D eigenvalue weighted by Gasteiger charge is -2.03. The third kappa shape index (κ3) is 3.34. The standard InChI is InChI=1S/C7H3F3N2S/c8-7(9,10)13-6-2-1-5(3-11)12-4-6/h1-2,4H. The van der Waals surface area contributed by atoms with Crippen LogP contribution in [0.5, 0.6) is 0 Å². The molecule has 0 aliphatic heterocycles. The van der Waals surface area contributed by atoms with Crippen molar-refractivity contribution in [1.82, 2.24) is 4.98 Å². The maximum Gasteiger partial charge on any atom is 0.446 e. The summed E-state index contributed by atoms with van der Waals surface area (Å²) in [6.07, 6.45) is 1.02. The Balaban J connectivity index is 2.77. The quantitative estimate of drug-likeness (QED) is 0.659. The van der Waals surface area contributed by atoms with Crippen molar-refractivity contribution in [2.45, 2.75) is 10.4 Å². The third-order valence-electron chi connectivity index (χ3n) is 1.08. The molecule has 0 atom stereocenters. The van der Waals surface area contributed by atoms with Crippen molar-refractivity contribution in [2.75, 3.05) is 0 Å². The molecule has 1 rings (SSSR count). The molecule has 0 unspecified atom stereocenters. The van der Waals surface area contributed by atoms with Crippen LogP contribution >= 0.6 is 11.8 Å². The first-order valence-corrected chi connectivity index (χ1v) is 3.95. The molecule has 2 nitrogen and oxygen atoms in total. The first-order chi connectivity index (χ1) is 6.01. The maximum absolute atomic E-state index is 11.8. The Kier molecular flexibility index (Phi) is 2.78. The summed E-state index contributed by atoms with van der Waals surface area (Å²) in [4.78, 5) is 3.48. The second kappa shape index (κ2) is 3.66. The monoisotopic (exact) mass is 204 g/mol. The van der Waals surface area contributed by atoms with E-state index < -0.39 is 5.51 Å². The SMILES string of the molecule is N#Cc1ccc(SC(F)(F)F)cn1. The molecule has 0 aromatic carbocycles. The van der Waals surface area contributed by atoms with Crippen molar-refractivity contribution in [3.8, 4) is 6.07 Å². The minimum atomic E-state index is -4.31. The zero-order valence-corrected chi connectivity index (χ0v) is 6.99. The fourth-order valence-corrected chi connectivity index (χ4v) is 1.15. The van der Waals surface area contributed by atoms with E-state index >= 15 is 0 Å². The average Bonchev–Trinajstić information content (AvgIpc) is 2.03. The number of alkyl halides is 3. The van der Waals surface area contributed by atoms with Gasteiger partial charge in [0.25, 0.3) is 0 Å². The van der Waals surface area contributed by atoms with Gasteiger partial charge in [-0.1, -0.05) is 0 Å². The van der Waals surface area contributed by atoms with Crippen molar-refractivity contribution in [2.24, 2.45) is 0 Å². The highest BCUT2D eigenvalue weighted by molar-refractivity contribution is 8.00. The first-order valence-electron chi connectivity index (χ1n) is 3.13. The van der Waals surface area contributed by atoms with Crippen molar-refractivity contribution in [3.05, 3.63) is 24.0 Å². The molecule has 0 saturated carbocycles. The second-order valence-corrected chi connectivity index (χ2v) is 3.18. The van der Waals surface area contributed by atoms with E-state index in [1.807, 2.05) is 0 Å². The molecule has 0 radical (unpaired) electrons. The van der Waals surface area contributed by atoms with E-state index in [1.165, 1.54) is 12.1 Å². The zero-order valence-electron chi connectivity index (χ0n) is 6.17. The molecule has 1 aromatic rings. The summed E-state index contributed by atoms with van der Waals surface area (Å²) in [5.41, 5.74) is -4.21. The molecule has 0 spiro atoms. The van der Waals surface area contributed by atoms with Gasteiger partial charge in [-0.2, -0.15) is 18.4 Å². The van der Waals surface area contributed by atoms with Gasteiger partial charge < -0.3 is 0 Å². The van der Waals surface area contributed by atoms with Crippen LogP contribution < -0.4 is 0 Å². The lowest BCUT2D eigenvalue weighted by atomic mass is 10.4. The van der Waals surface area contributed by atoms with Crippen LogP contribution in [0.25, 0.3) is 0 Å². The van der Waals surface area contributed by atoms with Crippen LogP contribution in [0, 0.1) is 11.3 Å². The van der Waals surface area contributed by atoms with Crippen LogP contribution in [0.3, 0.4) is 0 Å². The largest absolute Gasteiger partial charge is 0.446 e. The molecule has 0 bridgehead atoms. The van der Waals surface area contributed by atoms with Crippen molar-refractivity contribution in [1.29, 1.82) is 5.26 Å². The van der Waals surface area contributed by atoms with Crippen LogP contribution in [-0.4, -0.2) is 10.5 Å². The molecule has 0 aliphatic rings. The van der Waals surface area contributed by atoms with E-state index in [1.54, 1.807) is 6.07 Å². The summed E-state index contributed by atoms with van der Waals surface area (Å²) < 4.78 is 35.4. The summed E-state index contributed by atoms with van der Waals surface area (Å²) >= 11 is -0.252. The highest BCUT2D eigenvalue weighted by atomic mass is 32.2. The lowest BCUT2D eigenvalue weighted by Crippen LogP contribution is -1.99. The lowest BCUT2D eigenvalue weighted by molar-refractivity contribution is -0.0328. The summed E-state index contributed by atoms with van der Waals surface area (Å²) in [5.74, 6) is 0. The average molecular weight is 204 g/mol. The predicted molar refractivity (Wildman–Crippen MR) is 40.9 cm³/mol. The van der Waals surface area contributed by atoms with Crippen LogP contribution in [-0.2, 0) is 0 Å². The van der Waals surface area contributed by atoms with Crippen LogP contribution in [0.15, 0.2) is 23.2 Å². The molecule has 0 aliphatic carbocycles. The van der Waals surface area contributed by atoms with Gasteiger partial charge in [0.1, 0.15) is 11.8 Å². The Bertz CT molecular complexity index is 325. The molecule has 0 amide bonds. The van der Waals surface area contributed by atoms with Crippen LogP contribution in [0.1, 0.15) is 5.69 Å². The van der Waals surface area contributed by atoms with Gasteiger partial charge in [0.15, 0.2) is 0 Å². The van der Waals surface area contributed by atoms with E-state index in [0.29, 0.717) is 0 Å². The van der Waals surface area contributed by atoms with Crippen molar-refractivity contribution < 1.29 is 13.2 Å². The molecule has 13 heavy (non-hydrogen) atoms. The minimum absolute atomic E-state index is 0.0218. The summed E-state index contributed by atoms with van der Waals surface area (Å²) in [6.45, 7) is 0. The number of halogens is 3. The number of nitrogens with zero attached hydrogens (tertiary/aromatic N) is 2. The summed E-state index contributed by atoms with van der Waals surface area (Å²) in [6, 6.07) is 4.17. The Hall–Kier alpha value is -1.22. The number of nitriles is 1. The van der Waals surface area contributed by atoms with E-state index in [0.717, 1.165) is 6.20 Å². The molecular weight excluding hydrogens is 201 g/mol. The highest BCUT2D eigenvalue weighted by Gasteiger charge is 2.29. The topological polar surface area (TPSA) is 36.7 Å². The van der Waals surface area contributed by atoms with Gasteiger partial charge in [-0.05, 0) is 23.9 Å². The van der Waals surface area contributed by atoms with Gasteiger partial charge in [-0.15, -0.1) is 0 Å². The van der Waals surface area contributed by atoms with Gasteiger partial charge in [0.2, 0.25) is 0 Å². The van der Waals surface area contributed by atoms with Crippen LogP contribution in [0.4, 0.5) is 13.2 Å². The summed E-state index contributed by atoms with van der Waals surface area (Å²) in [5, 5.41) is 8.32. The number of aromatic nitrogens is 1. The Morgan fingerprint density at radius 3 is 2.46 bits per heavy atom. The van der Waals surface area contributed by atoms with Gasteiger partial charge >= 0.3 is 5.51 Å². The van der Waals surface area contributed by atoms with Gasteiger partial charge in [0.05, 0.1) is 0 Å². The number of hydrogen-bond donors (Lipinski definition) is 0. The fraction of sp³-hybridized carbons (Fsp3) is 0.143. The Morgan fingerprint density at radius 1 is 1.38 bits per heavy atom. The number of pyridine rings is 1. The molecule has 1 aromatic heterocycles. The van der Waals surface area contributed by atoms with E-state index in [9.17, 15) is 13.2 Å². The molecule has 0 N–H and O–H groups in total. The fourth-order valence-electron chi connectivity index (χ4n) is 0.640. The molecular formula is C7H3F3N2S. The first kappa shape index (κ1) is 9.86. The molecule has 0 saturated heterocycles. The Morgan fingerprint density at radius 2 is 2.08 bits per heavy atom. The number of thioether (sulfide) groups is 1. The van der Waals surface area contributed by atoms with Crippen molar-refractivity contribution in [3.63, 3.8) is 0 Å². The molecule has 6 heteroatoms. The Labute approximate surface area is 76.4 Å². The number of rotatable bonds is 1. The second-order valence-electron chi connectivity index (χ2n) is 2.04. The predicted octanol–water partition coefficient (Wildman–Crippen LogP) is 2.57. The highest BCUT2D eigenvalue weighted by Crippen LogP contribution is 2.36.